The summed E-state index contributed by atoms with van der Waals surface area (Å²) in [6.07, 6.45) is 12.8. The van der Waals surface area contributed by atoms with Crippen LogP contribution in [-0.4, -0.2) is 73.2 Å². The number of nitrogens with zero attached hydrogens (tertiary/aromatic N) is 2. The Hall–Kier alpha value is -5.10. The van der Waals surface area contributed by atoms with Gasteiger partial charge in [0.05, 0.1) is 0 Å². The Morgan fingerprint density at radius 2 is 0.745 bits per heavy atom. The number of allylic oxidation sites excluding steroid dienone is 6. The molecule has 0 radical (unpaired) electrons. The summed E-state index contributed by atoms with van der Waals surface area (Å²) in [5.41, 5.74) is 11.7. The molecule has 5 nitrogen and oxygen atoms in total. The third-order valence-electron chi connectivity index (χ3n) is 9.29. The molecule has 0 aromatic heterocycles. The van der Waals surface area contributed by atoms with Crippen molar-refractivity contribution in [3.05, 3.63) is 178 Å². The van der Waals surface area contributed by atoms with Crippen molar-refractivity contribution in [3.63, 3.8) is 0 Å². The lowest BCUT2D eigenvalue weighted by molar-refractivity contribution is -0.548. The SMILES string of the molecule is Cc1ccc(C(/C=C/C=C(/O/C(=C/C=C/C(c2ccc(C)cc2)=[N+]2CCOCC2)c2ccc(C)cc2)c2ccc(C)cc2)=[N+]2CCOCC2)cc1. The lowest BCUT2D eigenvalue weighted by atomic mass is 10.1. The highest BCUT2D eigenvalue weighted by Crippen LogP contribution is 2.27. The predicted molar refractivity (Wildman–Crippen MR) is 210 cm³/mol. The van der Waals surface area contributed by atoms with Crippen LogP contribution in [0.5, 0.6) is 0 Å². The van der Waals surface area contributed by atoms with Crippen molar-refractivity contribution in [1.82, 2.24) is 0 Å². The molecule has 2 heterocycles. The molecule has 51 heavy (non-hydrogen) atoms. The van der Waals surface area contributed by atoms with Gasteiger partial charge in [-0.15, -0.1) is 0 Å². The first-order chi connectivity index (χ1) is 24.9. The lowest BCUT2D eigenvalue weighted by Crippen LogP contribution is -2.33. The van der Waals surface area contributed by atoms with Gasteiger partial charge in [0.25, 0.3) is 0 Å². The molecule has 2 aliphatic rings. The van der Waals surface area contributed by atoms with Crippen molar-refractivity contribution >= 4 is 22.9 Å². The number of morpholine rings is 2. The molecule has 6 rings (SSSR count). The van der Waals surface area contributed by atoms with Crippen LogP contribution in [-0.2, 0) is 14.2 Å². The van der Waals surface area contributed by atoms with E-state index in [1.165, 1.54) is 44.8 Å². The quantitative estimate of drug-likeness (QED) is 0.0959. The molecule has 4 aromatic carbocycles. The molecule has 2 saturated heterocycles. The first-order valence-electron chi connectivity index (χ1n) is 18.0. The van der Waals surface area contributed by atoms with Crippen LogP contribution in [0.25, 0.3) is 11.5 Å². The van der Waals surface area contributed by atoms with Crippen LogP contribution in [0.15, 0.2) is 134 Å². The highest BCUT2D eigenvalue weighted by Gasteiger charge is 2.20. The Labute approximate surface area is 303 Å². The highest BCUT2D eigenvalue weighted by molar-refractivity contribution is 6.06. The van der Waals surface area contributed by atoms with Crippen LogP contribution in [0.1, 0.15) is 44.5 Å². The molecule has 0 unspecified atom stereocenters. The van der Waals surface area contributed by atoms with Gasteiger partial charge in [0, 0.05) is 34.4 Å². The molecule has 2 fully saturated rings. The summed E-state index contributed by atoms with van der Waals surface area (Å²) in [5.74, 6) is 1.54. The normalized spacial score (nSPS) is 15.8. The molecule has 0 saturated carbocycles. The predicted octanol–water partition coefficient (Wildman–Crippen LogP) is 8.50. The molecular weight excluding hydrogens is 629 g/mol. The molecule has 5 heteroatoms. The van der Waals surface area contributed by atoms with Gasteiger partial charge < -0.3 is 14.2 Å². The maximum atomic E-state index is 6.93. The van der Waals surface area contributed by atoms with Gasteiger partial charge in [-0.1, -0.05) is 107 Å². The zero-order valence-corrected chi connectivity index (χ0v) is 30.5. The van der Waals surface area contributed by atoms with Crippen molar-refractivity contribution in [2.45, 2.75) is 27.7 Å². The van der Waals surface area contributed by atoms with Gasteiger partial charge in [-0.05, 0) is 64.1 Å². The Morgan fingerprint density at radius 1 is 0.451 bits per heavy atom. The van der Waals surface area contributed by atoms with E-state index >= 15 is 0 Å². The minimum atomic E-state index is 0.726. The minimum absolute atomic E-state index is 0.726. The second kappa shape index (κ2) is 17.7. The van der Waals surface area contributed by atoms with Crippen molar-refractivity contribution in [1.29, 1.82) is 0 Å². The first-order valence-corrected chi connectivity index (χ1v) is 18.0. The van der Waals surface area contributed by atoms with Gasteiger partial charge in [-0.25, -0.2) is 9.15 Å². The second-order valence-corrected chi connectivity index (χ2v) is 13.3. The van der Waals surface area contributed by atoms with E-state index in [-0.39, 0.29) is 0 Å². The van der Waals surface area contributed by atoms with Crippen molar-refractivity contribution in [2.75, 3.05) is 52.6 Å². The summed E-state index contributed by atoms with van der Waals surface area (Å²) in [7, 11) is 0. The first kappa shape index (κ1) is 35.7. The fourth-order valence-electron chi connectivity index (χ4n) is 6.21. The van der Waals surface area contributed by atoms with Gasteiger partial charge in [0.2, 0.25) is 11.4 Å². The molecule has 0 bridgehead atoms. The summed E-state index contributed by atoms with van der Waals surface area (Å²) >= 11 is 0. The third-order valence-corrected chi connectivity index (χ3v) is 9.29. The minimum Gasteiger partial charge on any atom is -0.456 e. The molecule has 0 atom stereocenters. The summed E-state index contributed by atoms with van der Waals surface area (Å²) in [4.78, 5) is 0. The molecule has 0 spiro atoms. The van der Waals surface area contributed by atoms with E-state index in [0.29, 0.717) is 0 Å². The number of benzene rings is 4. The number of rotatable bonds is 10. The van der Waals surface area contributed by atoms with Crippen molar-refractivity contribution < 1.29 is 23.4 Å². The van der Waals surface area contributed by atoms with E-state index < -0.39 is 0 Å². The largest absolute Gasteiger partial charge is 0.456 e. The van der Waals surface area contributed by atoms with Crippen molar-refractivity contribution in [2.24, 2.45) is 0 Å². The van der Waals surface area contributed by atoms with Gasteiger partial charge in [-0.3, -0.25) is 0 Å². The molecule has 4 aromatic rings. The third kappa shape index (κ3) is 10.0. The summed E-state index contributed by atoms with van der Waals surface area (Å²) in [5, 5.41) is 0. The van der Waals surface area contributed by atoms with Crippen LogP contribution >= 0.6 is 0 Å². The summed E-state index contributed by atoms with van der Waals surface area (Å²) < 4.78 is 23.1. The van der Waals surface area contributed by atoms with E-state index in [1.54, 1.807) is 0 Å². The van der Waals surface area contributed by atoms with Crippen LogP contribution in [0.3, 0.4) is 0 Å². The van der Waals surface area contributed by atoms with Gasteiger partial charge >= 0.3 is 0 Å². The summed E-state index contributed by atoms with van der Waals surface area (Å²) in [6, 6.07) is 34.6. The van der Waals surface area contributed by atoms with Gasteiger partial charge in [0.15, 0.2) is 26.2 Å². The van der Waals surface area contributed by atoms with Gasteiger partial charge in [-0.2, -0.15) is 0 Å². The molecule has 0 N–H and O–H groups in total. The monoisotopic (exact) mass is 678 g/mol. The fourth-order valence-corrected chi connectivity index (χ4v) is 6.21. The second-order valence-electron chi connectivity index (χ2n) is 13.3. The standard InChI is InChI=1S/C46H50N2O3/c1-35-11-19-39(20-12-35)43(47-27-31-49-32-28-47)7-5-9-45(41-23-15-37(3)16-24-41)51-46(42-25-17-38(4)18-26-42)10-6-8-44(48-29-33-50-34-30-48)40-21-13-36(2)14-22-40/h5-26H,27-34H2,1-4H3/q+2/b7-5+,8-6+,45-9+,46-10+. The highest BCUT2D eigenvalue weighted by atomic mass is 16.5. The molecule has 0 aliphatic carbocycles. The zero-order chi connectivity index (χ0) is 35.4. The molecule has 0 amide bonds. The molecule has 260 valence electrons. The number of ether oxygens (including phenoxy) is 3. The van der Waals surface area contributed by atoms with Gasteiger partial charge in [0.1, 0.15) is 37.9 Å². The van der Waals surface area contributed by atoms with E-state index in [1.807, 2.05) is 0 Å². The maximum absolute atomic E-state index is 6.93. The van der Waals surface area contributed by atoms with Crippen molar-refractivity contribution in [3.8, 4) is 0 Å². The van der Waals surface area contributed by atoms with E-state index in [0.717, 1.165) is 75.3 Å². The Bertz CT molecular complexity index is 1800. The zero-order valence-electron chi connectivity index (χ0n) is 30.5. The number of hydrogen-bond acceptors (Lipinski definition) is 3. The molecule has 2 aliphatic heterocycles. The maximum Gasteiger partial charge on any atom is 0.207 e. The Morgan fingerprint density at radius 3 is 1.06 bits per heavy atom. The average molecular weight is 679 g/mol. The van der Waals surface area contributed by atoms with Crippen LogP contribution < -0.4 is 0 Å². The lowest BCUT2D eigenvalue weighted by Gasteiger charge is -2.15. The fraction of sp³-hybridized carbons (Fsp3) is 0.261. The van der Waals surface area contributed by atoms with E-state index in [4.69, 9.17) is 14.2 Å². The Kier molecular flexibility index (Phi) is 12.4. The smallest absolute Gasteiger partial charge is 0.207 e. The average Bonchev–Trinajstić information content (AvgIpc) is 3.16. The summed E-state index contributed by atoms with van der Waals surface area (Å²) in [6.45, 7) is 14.8. The van der Waals surface area contributed by atoms with Crippen LogP contribution in [0.4, 0.5) is 0 Å². The number of hydrogen-bond donors (Lipinski definition) is 0. The van der Waals surface area contributed by atoms with E-state index in [9.17, 15) is 0 Å². The number of aryl methyl sites for hydroxylation is 4. The van der Waals surface area contributed by atoms with Crippen LogP contribution in [0, 0.1) is 27.7 Å². The molecular formula is C46H50N2O3+2. The van der Waals surface area contributed by atoms with E-state index in [2.05, 4.69) is 170 Å². The topological polar surface area (TPSA) is 33.7 Å². The Balaban J connectivity index is 1.39. The van der Waals surface area contributed by atoms with Crippen LogP contribution in [0.2, 0.25) is 0 Å².